The Kier molecular flexibility index (Phi) is 3.62. The standard InChI is InChI=1S/C12H20N2S/c1-9(2)10-5-3-4-6-11(10)14-12-13-7-8-15-12/h7-11H,3-6H2,1-2H3,(H,13,14). The summed E-state index contributed by atoms with van der Waals surface area (Å²) < 4.78 is 0. The van der Waals surface area contributed by atoms with E-state index in [-0.39, 0.29) is 0 Å². The molecular weight excluding hydrogens is 204 g/mol. The summed E-state index contributed by atoms with van der Waals surface area (Å²) in [6.07, 6.45) is 7.33. The van der Waals surface area contributed by atoms with E-state index in [0.29, 0.717) is 6.04 Å². The minimum absolute atomic E-state index is 0.643. The lowest BCUT2D eigenvalue weighted by Gasteiger charge is -2.34. The van der Waals surface area contributed by atoms with Crippen LogP contribution in [-0.2, 0) is 0 Å². The van der Waals surface area contributed by atoms with Gasteiger partial charge < -0.3 is 5.32 Å². The molecule has 2 rings (SSSR count). The molecule has 0 spiro atoms. The van der Waals surface area contributed by atoms with Gasteiger partial charge in [0.1, 0.15) is 0 Å². The van der Waals surface area contributed by atoms with Gasteiger partial charge in [0.15, 0.2) is 5.13 Å². The summed E-state index contributed by atoms with van der Waals surface area (Å²) in [7, 11) is 0. The number of hydrogen-bond donors (Lipinski definition) is 1. The highest BCUT2D eigenvalue weighted by Crippen LogP contribution is 2.32. The van der Waals surface area contributed by atoms with Gasteiger partial charge >= 0.3 is 0 Å². The van der Waals surface area contributed by atoms with Crippen molar-refractivity contribution in [2.45, 2.75) is 45.6 Å². The van der Waals surface area contributed by atoms with Crippen LogP contribution >= 0.6 is 11.3 Å². The molecule has 0 bridgehead atoms. The Balaban J connectivity index is 1.99. The molecule has 84 valence electrons. The number of hydrogen-bond acceptors (Lipinski definition) is 3. The van der Waals surface area contributed by atoms with Crippen LogP contribution in [0.1, 0.15) is 39.5 Å². The van der Waals surface area contributed by atoms with Gasteiger partial charge in [-0.1, -0.05) is 26.7 Å². The second kappa shape index (κ2) is 4.97. The maximum absolute atomic E-state index is 4.31. The topological polar surface area (TPSA) is 24.9 Å². The first-order chi connectivity index (χ1) is 7.27. The van der Waals surface area contributed by atoms with E-state index < -0.39 is 0 Å². The summed E-state index contributed by atoms with van der Waals surface area (Å²) in [5, 5.41) is 6.73. The minimum atomic E-state index is 0.643. The molecule has 3 heteroatoms. The van der Waals surface area contributed by atoms with E-state index in [9.17, 15) is 0 Å². The average Bonchev–Trinajstić information content (AvgIpc) is 2.71. The predicted octanol–water partition coefficient (Wildman–Crippen LogP) is 3.77. The smallest absolute Gasteiger partial charge is 0.182 e. The molecule has 1 fully saturated rings. The maximum atomic E-state index is 4.31. The van der Waals surface area contributed by atoms with Crippen molar-refractivity contribution in [1.82, 2.24) is 4.98 Å². The van der Waals surface area contributed by atoms with E-state index >= 15 is 0 Å². The lowest BCUT2D eigenvalue weighted by molar-refractivity contribution is 0.254. The zero-order valence-corrected chi connectivity index (χ0v) is 10.4. The van der Waals surface area contributed by atoms with Gasteiger partial charge in [0.2, 0.25) is 0 Å². The third-order valence-corrected chi connectivity index (χ3v) is 4.12. The van der Waals surface area contributed by atoms with Crippen LogP contribution in [0.15, 0.2) is 11.6 Å². The molecule has 1 saturated carbocycles. The van der Waals surface area contributed by atoms with E-state index in [2.05, 4.69) is 24.1 Å². The fourth-order valence-corrected chi connectivity index (χ4v) is 3.18. The van der Waals surface area contributed by atoms with Crippen LogP contribution in [0.25, 0.3) is 0 Å². The summed E-state index contributed by atoms with van der Waals surface area (Å²) in [5.41, 5.74) is 0. The Bertz CT molecular complexity index is 282. The van der Waals surface area contributed by atoms with Crippen molar-refractivity contribution in [3.8, 4) is 0 Å². The molecule has 1 aromatic rings. The van der Waals surface area contributed by atoms with Crippen LogP contribution in [0.5, 0.6) is 0 Å². The molecular formula is C12H20N2S. The van der Waals surface area contributed by atoms with E-state index in [1.165, 1.54) is 25.7 Å². The number of rotatable bonds is 3. The lowest BCUT2D eigenvalue weighted by atomic mass is 9.78. The summed E-state index contributed by atoms with van der Waals surface area (Å²) in [6, 6.07) is 0.643. The molecule has 2 unspecified atom stereocenters. The zero-order valence-electron chi connectivity index (χ0n) is 9.57. The van der Waals surface area contributed by atoms with Gasteiger partial charge in [0.25, 0.3) is 0 Å². The minimum Gasteiger partial charge on any atom is -0.359 e. The number of anilines is 1. The molecule has 0 amide bonds. The molecule has 0 aromatic carbocycles. The fourth-order valence-electron chi connectivity index (χ4n) is 2.59. The van der Waals surface area contributed by atoms with E-state index in [1.807, 2.05) is 11.6 Å². The Morgan fingerprint density at radius 1 is 1.40 bits per heavy atom. The fraction of sp³-hybridized carbons (Fsp3) is 0.750. The van der Waals surface area contributed by atoms with Crippen molar-refractivity contribution >= 4 is 16.5 Å². The Morgan fingerprint density at radius 2 is 2.20 bits per heavy atom. The lowest BCUT2D eigenvalue weighted by Crippen LogP contribution is -2.35. The van der Waals surface area contributed by atoms with Gasteiger partial charge in [0.05, 0.1) is 0 Å². The van der Waals surface area contributed by atoms with Crippen LogP contribution in [0.2, 0.25) is 0 Å². The highest BCUT2D eigenvalue weighted by atomic mass is 32.1. The number of thiazole rings is 1. The first kappa shape index (κ1) is 10.9. The molecule has 1 N–H and O–H groups in total. The van der Waals surface area contributed by atoms with Gasteiger partial charge in [-0.2, -0.15) is 0 Å². The molecule has 0 saturated heterocycles. The second-order valence-corrected chi connectivity index (χ2v) is 5.67. The van der Waals surface area contributed by atoms with E-state index in [1.54, 1.807) is 11.3 Å². The van der Waals surface area contributed by atoms with Crippen molar-refractivity contribution < 1.29 is 0 Å². The van der Waals surface area contributed by atoms with Gasteiger partial charge in [-0.25, -0.2) is 4.98 Å². The molecule has 1 aromatic heterocycles. The maximum Gasteiger partial charge on any atom is 0.182 e. The molecule has 2 atom stereocenters. The first-order valence-electron chi connectivity index (χ1n) is 5.93. The Morgan fingerprint density at radius 3 is 2.87 bits per heavy atom. The number of aromatic nitrogens is 1. The Labute approximate surface area is 96.1 Å². The van der Waals surface area contributed by atoms with Crippen LogP contribution in [0.4, 0.5) is 5.13 Å². The Hall–Kier alpha value is -0.570. The summed E-state index contributed by atoms with van der Waals surface area (Å²) >= 11 is 1.71. The number of nitrogens with zero attached hydrogens (tertiary/aromatic N) is 1. The highest BCUT2D eigenvalue weighted by Gasteiger charge is 2.27. The van der Waals surface area contributed by atoms with Crippen LogP contribution in [0.3, 0.4) is 0 Å². The average molecular weight is 224 g/mol. The normalized spacial score (nSPS) is 26.9. The van der Waals surface area contributed by atoms with Gasteiger partial charge in [-0.3, -0.25) is 0 Å². The van der Waals surface area contributed by atoms with Crippen molar-refractivity contribution in [3.63, 3.8) is 0 Å². The third kappa shape index (κ3) is 2.71. The quantitative estimate of drug-likeness (QED) is 0.845. The second-order valence-electron chi connectivity index (χ2n) is 4.78. The predicted molar refractivity (Wildman–Crippen MR) is 66.3 cm³/mol. The monoisotopic (exact) mass is 224 g/mol. The first-order valence-corrected chi connectivity index (χ1v) is 6.81. The molecule has 15 heavy (non-hydrogen) atoms. The molecule has 1 heterocycles. The summed E-state index contributed by atoms with van der Waals surface area (Å²) in [4.78, 5) is 4.31. The van der Waals surface area contributed by atoms with E-state index in [4.69, 9.17) is 0 Å². The molecule has 1 aliphatic rings. The SMILES string of the molecule is CC(C)C1CCCCC1Nc1nccs1. The van der Waals surface area contributed by atoms with Crippen LogP contribution < -0.4 is 5.32 Å². The zero-order chi connectivity index (χ0) is 10.7. The van der Waals surface area contributed by atoms with Crippen LogP contribution in [-0.4, -0.2) is 11.0 Å². The van der Waals surface area contributed by atoms with Gasteiger partial charge in [-0.15, -0.1) is 11.3 Å². The molecule has 0 aliphatic heterocycles. The molecule has 2 nitrogen and oxygen atoms in total. The van der Waals surface area contributed by atoms with Crippen molar-refractivity contribution in [2.24, 2.45) is 11.8 Å². The number of nitrogens with one attached hydrogen (secondary N) is 1. The highest BCUT2D eigenvalue weighted by molar-refractivity contribution is 7.13. The largest absolute Gasteiger partial charge is 0.359 e. The summed E-state index contributed by atoms with van der Waals surface area (Å²) in [5.74, 6) is 1.60. The summed E-state index contributed by atoms with van der Waals surface area (Å²) in [6.45, 7) is 4.68. The van der Waals surface area contributed by atoms with Gasteiger partial charge in [-0.05, 0) is 24.7 Å². The molecule has 1 aliphatic carbocycles. The van der Waals surface area contributed by atoms with E-state index in [0.717, 1.165) is 17.0 Å². The van der Waals surface area contributed by atoms with Gasteiger partial charge in [0, 0.05) is 17.6 Å². The van der Waals surface area contributed by atoms with Crippen molar-refractivity contribution in [3.05, 3.63) is 11.6 Å². The molecule has 0 radical (unpaired) electrons. The van der Waals surface area contributed by atoms with Crippen molar-refractivity contribution in [1.29, 1.82) is 0 Å². The van der Waals surface area contributed by atoms with Crippen molar-refractivity contribution in [2.75, 3.05) is 5.32 Å². The van der Waals surface area contributed by atoms with Crippen LogP contribution in [0, 0.1) is 11.8 Å². The third-order valence-electron chi connectivity index (χ3n) is 3.42.